The number of ether oxygens (including phenoxy) is 1. The lowest BCUT2D eigenvalue weighted by molar-refractivity contribution is -0.123. The van der Waals surface area contributed by atoms with Crippen LogP contribution in [-0.2, 0) is 16.1 Å². The third-order valence-electron chi connectivity index (χ3n) is 5.39. The summed E-state index contributed by atoms with van der Waals surface area (Å²) >= 11 is 13.3. The van der Waals surface area contributed by atoms with E-state index in [1.54, 1.807) is 41.0 Å². The van der Waals surface area contributed by atoms with Crippen LogP contribution in [0.2, 0.25) is 10.0 Å². The van der Waals surface area contributed by atoms with Gasteiger partial charge in [-0.1, -0.05) is 53.2 Å². The minimum absolute atomic E-state index is 0.0948. The van der Waals surface area contributed by atoms with Crippen LogP contribution in [0.1, 0.15) is 17.0 Å². The number of carbonyl (C=O) groups is 2. The second kappa shape index (κ2) is 12.8. The molecule has 0 aliphatic carbocycles. The van der Waals surface area contributed by atoms with E-state index in [0.29, 0.717) is 32.5 Å². The van der Waals surface area contributed by atoms with Gasteiger partial charge in [-0.3, -0.25) is 14.2 Å². The summed E-state index contributed by atoms with van der Waals surface area (Å²) in [6.45, 7) is 3.84. The maximum Gasteiger partial charge on any atom is 0.258 e. The molecule has 196 valence electrons. The SMILES string of the molecule is Cc1ccc(C)c(NC(=O)CSc2nnc(CNC(=O)COc3ccc(Cl)cc3)n2-c2cccc(Cl)c2)c1. The fourth-order valence-electron chi connectivity index (χ4n) is 3.48. The summed E-state index contributed by atoms with van der Waals surface area (Å²) < 4.78 is 7.26. The first kappa shape index (κ1) is 27.5. The minimum atomic E-state index is -0.331. The monoisotopic (exact) mass is 569 g/mol. The first-order valence-corrected chi connectivity index (χ1v) is 13.4. The number of benzene rings is 3. The third kappa shape index (κ3) is 7.50. The molecule has 4 rings (SSSR count). The zero-order chi connectivity index (χ0) is 27.1. The van der Waals surface area contributed by atoms with Crippen LogP contribution in [-0.4, -0.2) is 38.9 Å². The molecular formula is C27H25Cl2N5O3S. The van der Waals surface area contributed by atoms with E-state index >= 15 is 0 Å². The maximum atomic E-state index is 12.7. The Morgan fingerprint density at radius 3 is 2.50 bits per heavy atom. The number of thioether (sulfide) groups is 1. The molecule has 3 aromatic carbocycles. The lowest BCUT2D eigenvalue weighted by atomic mass is 10.1. The Balaban J connectivity index is 1.43. The van der Waals surface area contributed by atoms with Crippen molar-refractivity contribution in [2.24, 2.45) is 0 Å². The Labute approximate surface area is 234 Å². The summed E-state index contributed by atoms with van der Waals surface area (Å²) in [5.74, 6) is 0.628. The number of nitrogens with one attached hydrogen (secondary N) is 2. The van der Waals surface area contributed by atoms with Crippen molar-refractivity contribution in [1.29, 1.82) is 0 Å². The fraction of sp³-hybridized carbons (Fsp3) is 0.185. The average Bonchev–Trinajstić information content (AvgIpc) is 3.31. The molecule has 38 heavy (non-hydrogen) atoms. The molecular weight excluding hydrogens is 545 g/mol. The molecule has 0 saturated heterocycles. The minimum Gasteiger partial charge on any atom is -0.484 e. The van der Waals surface area contributed by atoms with Crippen LogP contribution in [0, 0.1) is 13.8 Å². The van der Waals surface area contributed by atoms with Gasteiger partial charge in [-0.2, -0.15) is 0 Å². The van der Waals surface area contributed by atoms with Crippen molar-refractivity contribution >= 4 is 52.5 Å². The second-order valence-corrected chi connectivity index (χ2v) is 10.2. The van der Waals surface area contributed by atoms with E-state index in [0.717, 1.165) is 16.8 Å². The Morgan fingerprint density at radius 2 is 1.74 bits per heavy atom. The molecule has 0 spiro atoms. The molecule has 0 radical (unpaired) electrons. The number of aryl methyl sites for hydroxylation is 2. The van der Waals surface area contributed by atoms with E-state index in [4.69, 9.17) is 27.9 Å². The zero-order valence-corrected chi connectivity index (χ0v) is 23.0. The predicted octanol–water partition coefficient (Wildman–Crippen LogP) is 5.62. The molecule has 0 aliphatic rings. The fourth-order valence-corrected chi connectivity index (χ4v) is 4.56. The molecule has 4 aromatic rings. The topological polar surface area (TPSA) is 98.1 Å². The highest BCUT2D eigenvalue weighted by Gasteiger charge is 2.17. The Morgan fingerprint density at radius 1 is 0.947 bits per heavy atom. The number of aromatic nitrogens is 3. The highest BCUT2D eigenvalue weighted by molar-refractivity contribution is 7.99. The normalized spacial score (nSPS) is 10.7. The zero-order valence-electron chi connectivity index (χ0n) is 20.7. The average molecular weight is 571 g/mol. The standard InChI is InChI=1S/C27H25Cl2N5O3S/c1-17-6-7-18(2)23(12-17)31-26(36)16-38-27-33-32-24(34(27)21-5-3-4-20(29)13-21)14-30-25(35)15-37-22-10-8-19(28)9-11-22/h3-13H,14-16H2,1-2H3,(H,30,35)(H,31,36). The molecule has 2 N–H and O–H groups in total. The molecule has 0 saturated carbocycles. The number of anilines is 1. The molecule has 0 fully saturated rings. The molecule has 0 atom stereocenters. The summed E-state index contributed by atoms with van der Waals surface area (Å²) in [7, 11) is 0. The van der Waals surface area contributed by atoms with Crippen LogP contribution >= 0.6 is 35.0 Å². The number of nitrogens with zero attached hydrogens (tertiary/aromatic N) is 3. The highest BCUT2D eigenvalue weighted by atomic mass is 35.5. The van der Waals surface area contributed by atoms with Crippen LogP contribution in [0.15, 0.2) is 71.9 Å². The van der Waals surface area contributed by atoms with Gasteiger partial charge in [0.05, 0.1) is 18.0 Å². The van der Waals surface area contributed by atoms with E-state index in [-0.39, 0.29) is 30.7 Å². The highest BCUT2D eigenvalue weighted by Crippen LogP contribution is 2.25. The van der Waals surface area contributed by atoms with Gasteiger partial charge >= 0.3 is 0 Å². The number of halogens is 2. The molecule has 11 heteroatoms. The number of carbonyl (C=O) groups excluding carboxylic acids is 2. The maximum absolute atomic E-state index is 12.7. The van der Waals surface area contributed by atoms with Gasteiger partial charge in [-0.25, -0.2) is 0 Å². The summed E-state index contributed by atoms with van der Waals surface area (Å²) in [5, 5.41) is 15.9. The number of amides is 2. The number of hydrogen-bond acceptors (Lipinski definition) is 6. The summed E-state index contributed by atoms with van der Waals surface area (Å²) in [4.78, 5) is 25.1. The lowest BCUT2D eigenvalue weighted by Crippen LogP contribution is -2.29. The first-order chi connectivity index (χ1) is 18.3. The molecule has 0 aliphatic heterocycles. The molecule has 1 aromatic heterocycles. The van der Waals surface area contributed by atoms with Crippen molar-refractivity contribution in [3.05, 3.63) is 93.7 Å². The van der Waals surface area contributed by atoms with Crippen LogP contribution in [0.3, 0.4) is 0 Å². The van der Waals surface area contributed by atoms with Gasteiger partial charge in [0.1, 0.15) is 5.75 Å². The van der Waals surface area contributed by atoms with E-state index < -0.39 is 0 Å². The first-order valence-electron chi connectivity index (χ1n) is 11.6. The van der Waals surface area contributed by atoms with Gasteiger partial charge in [-0.05, 0) is 73.5 Å². The van der Waals surface area contributed by atoms with Crippen LogP contribution in [0.4, 0.5) is 5.69 Å². The summed E-state index contributed by atoms with van der Waals surface area (Å²) in [5.41, 5.74) is 3.52. The van der Waals surface area contributed by atoms with Crippen molar-refractivity contribution in [2.75, 3.05) is 17.7 Å². The smallest absolute Gasteiger partial charge is 0.258 e. The molecule has 1 heterocycles. The van der Waals surface area contributed by atoms with E-state index in [9.17, 15) is 9.59 Å². The largest absolute Gasteiger partial charge is 0.484 e. The van der Waals surface area contributed by atoms with Gasteiger partial charge in [0.15, 0.2) is 17.6 Å². The molecule has 0 bridgehead atoms. The van der Waals surface area contributed by atoms with Crippen molar-refractivity contribution < 1.29 is 14.3 Å². The van der Waals surface area contributed by atoms with Crippen molar-refractivity contribution in [3.8, 4) is 11.4 Å². The van der Waals surface area contributed by atoms with Gasteiger partial charge in [0.25, 0.3) is 5.91 Å². The quantitative estimate of drug-likeness (QED) is 0.241. The lowest BCUT2D eigenvalue weighted by Gasteiger charge is -2.12. The third-order valence-corrected chi connectivity index (χ3v) is 6.81. The summed E-state index contributed by atoms with van der Waals surface area (Å²) in [6, 6.07) is 19.8. The van der Waals surface area contributed by atoms with Crippen LogP contribution in [0.5, 0.6) is 5.75 Å². The van der Waals surface area contributed by atoms with Gasteiger partial charge in [0, 0.05) is 15.7 Å². The summed E-state index contributed by atoms with van der Waals surface area (Å²) in [6.07, 6.45) is 0. The van der Waals surface area contributed by atoms with Gasteiger partial charge < -0.3 is 15.4 Å². The van der Waals surface area contributed by atoms with E-state index in [1.807, 2.05) is 44.2 Å². The number of hydrogen-bond donors (Lipinski definition) is 2. The van der Waals surface area contributed by atoms with Crippen molar-refractivity contribution in [2.45, 2.75) is 25.5 Å². The van der Waals surface area contributed by atoms with E-state index in [2.05, 4.69) is 20.8 Å². The molecule has 8 nitrogen and oxygen atoms in total. The van der Waals surface area contributed by atoms with Crippen molar-refractivity contribution in [1.82, 2.24) is 20.1 Å². The molecule has 2 amide bonds. The molecule has 0 unspecified atom stereocenters. The predicted molar refractivity (Wildman–Crippen MR) is 150 cm³/mol. The van der Waals surface area contributed by atoms with Crippen LogP contribution in [0.25, 0.3) is 5.69 Å². The van der Waals surface area contributed by atoms with Crippen molar-refractivity contribution in [3.63, 3.8) is 0 Å². The Hall–Kier alpha value is -3.53. The Kier molecular flexibility index (Phi) is 9.28. The van der Waals surface area contributed by atoms with Gasteiger partial charge in [-0.15, -0.1) is 10.2 Å². The second-order valence-electron chi connectivity index (χ2n) is 8.39. The van der Waals surface area contributed by atoms with Crippen LogP contribution < -0.4 is 15.4 Å². The van der Waals surface area contributed by atoms with Gasteiger partial charge in [0.2, 0.25) is 5.91 Å². The number of rotatable bonds is 10. The Bertz CT molecular complexity index is 1440. The van der Waals surface area contributed by atoms with E-state index in [1.165, 1.54) is 11.8 Å².